The van der Waals surface area contributed by atoms with Crippen LogP contribution in [-0.4, -0.2) is 6.61 Å². The molecule has 0 unspecified atom stereocenters. The number of aromatic nitrogens is 2. The van der Waals surface area contributed by atoms with Crippen molar-refractivity contribution in [1.82, 2.24) is 0 Å². The fourth-order valence-corrected chi connectivity index (χ4v) is 2.79. The minimum atomic E-state index is 0.668. The van der Waals surface area contributed by atoms with Crippen LogP contribution in [0.4, 0.5) is 0 Å². The Morgan fingerprint density at radius 1 is 0.720 bits per heavy atom. The molecule has 0 aliphatic carbocycles. The van der Waals surface area contributed by atoms with Crippen LogP contribution in [-0.2, 0) is 24.4 Å². The Labute approximate surface area is 150 Å². The van der Waals surface area contributed by atoms with Crippen LogP contribution in [0, 0.1) is 0 Å². The Morgan fingerprint density at radius 3 is 1.84 bits per heavy atom. The highest BCUT2D eigenvalue weighted by Crippen LogP contribution is 2.15. The molecule has 0 aliphatic heterocycles. The van der Waals surface area contributed by atoms with Gasteiger partial charge < -0.3 is 4.74 Å². The molecule has 3 rings (SSSR count). The lowest BCUT2D eigenvalue weighted by molar-refractivity contribution is -0.698. The molecule has 3 nitrogen and oxygen atoms in total. The SMILES string of the molecule is CCC[n+]1ccc(-c2cc[n+](CCOCc3ccccc3)cc2)cc1. The Morgan fingerprint density at radius 2 is 1.28 bits per heavy atom. The van der Waals surface area contributed by atoms with Crippen molar-refractivity contribution in [2.24, 2.45) is 0 Å². The Balaban J connectivity index is 1.50. The summed E-state index contributed by atoms with van der Waals surface area (Å²) in [5.74, 6) is 0. The number of benzene rings is 1. The maximum Gasteiger partial charge on any atom is 0.171 e. The predicted molar refractivity (Wildman–Crippen MR) is 98.7 cm³/mol. The summed E-state index contributed by atoms with van der Waals surface area (Å²) in [5.41, 5.74) is 3.71. The molecule has 0 atom stereocenters. The van der Waals surface area contributed by atoms with E-state index in [1.54, 1.807) is 0 Å². The van der Waals surface area contributed by atoms with Gasteiger partial charge in [0.1, 0.15) is 13.2 Å². The molecule has 1 aromatic carbocycles. The number of nitrogens with zero attached hydrogens (tertiary/aromatic N) is 2. The monoisotopic (exact) mass is 334 g/mol. The first-order valence-corrected chi connectivity index (χ1v) is 8.95. The van der Waals surface area contributed by atoms with Gasteiger partial charge in [-0.3, -0.25) is 0 Å². The summed E-state index contributed by atoms with van der Waals surface area (Å²) in [6, 6.07) is 19.0. The average molecular weight is 334 g/mol. The van der Waals surface area contributed by atoms with E-state index in [4.69, 9.17) is 4.74 Å². The van der Waals surface area contributed by atoms with Crippen molar-refractivity contribution in [3.63, 3.8) is 0 Å². The number of rotatable bonds is 8. The van der Waals surface area contributed by atoms with Gasteiger partial charge in [-0.1, -0.05) is 37.3 Å². The Kier molecular flexibility index (Phi) is 6.29. The lowest BCUT2D eigenvalue weighted by Gasteiger charge is -2.03. The first kappa shape index (κ1) is 17.3. The van der Waals surface area contributed by atoms with Gasteiger partial charge in [-0.2, -0.15) is 0 Å². The molecule has 0 amide bonds. The number of ether oxygens (including phenoxy) is 1. The van der Waals surface area contributed by atoms with E-state index in [-0.39, 0.29) is 0 Å². The second-order valence-electron chi connectivity index (χ2n) is 6.19. The number of pyridine rings is 2. The van der Waals surface area contributed by atoms with Crippen molar-refractivity contribution in [2.75, 3.05) is 6.61 Å². The van der Waals surface area contributed by atoms with Crippen LogP contribution < -0.4 is 9.13 Å². The third-order valence-electron chi connectivity index (χ3n) is 4.20. The van der Waals surface area contributed by atoms with Crippen LogP contribution in [0.25, 0.3) is 11.1 Å². The van der Waals surface area contributed by atoms with Gasteiger partial charge in [0.05, 0.1) is 6.61 Å². The minimum Gasteiger partial charge on any atom is -0.370 e. The molecule has 2 heterocycles. The first-order chi connectivity index (χ1) is 12.3. The summed E-state index contributed by atoms with van der Waals surface area (Å²) in [5, 5.41) is 0. The van der Waals surface area contributed by atoms with Gasteiger partial charge >= 0.3 is 0 Å². The molecule has 2 aromatic heterocycles. The second-order valence-corrected chi connectivity index (χ2v) is 6.19. The van der Waals surface area contributed by atoms with Crippen LogP contribution in [0.15, 0.2) is 79.4 Å². The van der Waals surface area contributed by atoms with Crippen LogP contribution in [0.1, 0.15) is 18.9 Å². The molecule has 0 saturated carbocycles. The second kappa shape index (κ2) is 9.09. The summed E-state index contributed by atoms with van der Waals surface area (Å²) in [6.45, 7) is 5.50. The molecule has 0 fully saturated rings. The zero-order valence-corrected chi connectivity index (χ0v) is 14.8. The smallest absolute Gasteiger partial charge is 0.171 e. The first-order valence-electron chi connectivity index (χ1n) is 8.95. The van der Waals surface area contributed by atoms with E-state index in [1.165, 1.54) is 16.7 Å². The van der Waals surface area contributed by atoms with Gasteiger partial charge in [-0.15, -0.1) is 0 Å². The molecule has 0 spiro atoms. The molecular weight excluding hydrogens is 308 g/mol. The van der Waals surface area contributed by atoms with E-state index in [2.05, 4.69) is 77.2 Å². The highest BCUT2D eigenvalue weighted by atomic mass is 16.5. The normalized spacial score (nSPS) is 10.8. The van der Waals surface area contributed by atoms with Crippen LogP contribution in [0.2, 0.25) is 0 Å². The highest BCUT2D eigenvalue weighted by Gasteiger charge is 2.05. The van der Waals surface area contributed by atoms with Crippen molar-refractivity contribution in [1.29, 1.82) is 0 Å². The number of aryl methyl sites for hydroxylation is 1. The lowest BCUT2D eigenvalue weighted by atomic mass is 10.1. The quantitative estimate of drug-likeness (QED) is 0.455. The van der Waals surface area contributed by atoms with Crippen molar-refractivity contribution in [2.45, 2.75) is 33.0 Å². The summed E-state index contributed by atoms with van der Waals surface area (Å²) in [7, 11) is 0. The molecule has 3 heteroatoms. The van der Waals surface area contributed by atoms with Gasteiger partial charge in [-0.05, 0) is 16.7 Å². The van der Waals surface area contributed by atoms with Crippen LogP contribution in [0.5, 0.6) is 0 Å². The zero-order chi connectivity index (χ0) is 17.3. The fourth-order valence-electron chi connectivity index (χ4n) is 2.79. The third kappa shape index (κ3) is 5.23. The van der Waals surface area contributed by atoms with Crippen molar-refractivity contribution in [3.8, 4) is 11.1 Å². The molecule has 3 aromatic rings. The van der Waals surface area contributed by atoms with E-state index in [9.17, 15) is 0 Å². The maximum absolute atomic E-state index is 5.75. The lowest BCUT2D eigenvalue weighted by Crippen LogP contribution is -2.35. The topological polar surface area (TPSA) is 17.0 Å². The molecule has 0 bridgehead atoms. The highest BCUT2D eigenvalue weighted by molar-refractivity contribution is 5.60. The maximum atomic E-state index is 5.75. The van der Waals surface area contributed by atoms with Crippen molar-refractivity contribution < 1.29 is 13.9 Å². The Bertz CT molecular complexity index is 752. The summed E-state index contributed by atoms with van der Waals surface area (Å²) in [6.07, 6.45) is 9.69. The molecule has 128 valence electrons. The predicted octanol–water partition coefficient (Wildman–Crippen LogP) is 3.56. The molecular formula is C22H26N2O+2. The van der Waals surface area contributed by atoms with Crippen molar-refractivity contribution in [3.05, 3.63) is 84.9 Å². The summed E-state index contributed by atoms with van der Waals surface area (Å²) in [4.78, 5) is 0. The summed E-state index contributed by atoms with van der Waals surface area (Å²) >= 11 is 0. The molecule has 0 aliphatic rings. The van der Waals surface area contributed by atoms with E-state index < -0.39 is 0 Å². The van der Waals surface area contributed by atoms with Gasteiger partial charge in [0.15, 0.2) is 31.3 Å². The molecule has 0 radical (unpaired) electrons. The fraction of sp³-hybridized carbons (Fsp3) is 0.273. The molecule has 25 heavy (non-hydrogen) atoms. The van der Waals surface area contributed by atoms with Crippen molar-refractivity contribution >= 4 is 0 Å². The van der Waals surface area contributed by atoms with E-state index in [0.717, 1.165) is 19.5 Å². The number of hydrogen-bond acceptors (Lipinski definition) is 1. The van der Waals surface area contributed by atoms with E-state index >= 15 is 0 Å². The molecule has 0 N–H and O–H groups in total. The van der Waals surface area contributed by atoms with Crippen LogP contribution >= 0.6 is 0 Å². The van der Waals surface area contributed by atoms with E-state index in [1.807, 2.05) is 18.2 Å². The minimum absolute atomic E-state index is 0.668. The molecule has 0 saturated heterocycles. The average Bonchev–Trinajstić information content (AvgIpc) is 2.68. The van der Waals surface area contributed by atoms with Gasteiger partial charge in [0, 0.05) is 30.7 Å². The van der Waals surface area contributed by atoms with Gasteiger partial charge in [-0.25, -0.2) is 9.13 Å². The van der Waals surface area contributed by atoms with Gasteiger partial charge in [0.25, 0.3) is 0 Å². The van der Waals surface area contributed by atoms with Crippen LogP contribution in [0.3, 0.4) is 0 Å². The summed E-state index contributed by atoms with van der Waals surface area (Å²) < 4.78 is 10.1. The zero-order valence-electron chi connectivity index (χ0n) is 14.8. The third-order valence-corrected chi connectivity index (χ3v) is 4.20. The number of hydrogen-bond donors (Lipinski definition) is 0. The largest absolute Gasteiger partial charge is 0.370 e. The van der Waals surface area contributed by atoms with E-state index in [0.29, 0.717) is 13.2 Å². The Hall–Kier alpha value is -2.52. The van der Waals surface area contributed by atoms with Gasteiger partial charge in [0.2, 0.25) is 0 Å². The standard InChI is InChI=1S/C22H26N2O/c1-2-12-23-13-8-21(9-14-23)22-10-15-24(16-11-22)17-18-25-19-20-6-4-3-5-7-20/h3-11,13-16H,2,12,17-19H2,1H3/q+2.